The van der Waals surface area contributed by atoms with Crippen LogP contribution in [-0.2, 0) is 17.9 Å². The first-order chi connectivity index (χ1) is 15.4. The van der Waals surface area contributed by atoms with Crippen molar-refractivity contribution in [3.8, 4) is 0 Å². The van der Waals surface area contributed by atoms with E-state index in [1.165, 1.54) is 11.8 Å². The Hall–Kier alpha value is -2.62. The lowest BCUT2D eigenvalue weighted by molar-refractivity contribution is -0.113. The molecule has 0 unspecified atom stereocenters. The number of rotatable bonds is 9. The molecule has 7 nitrogen and oxygen atoms in total. The van der Waals surface area contributed by atoms with E-state index in [-0.39, 0.29) is 24.1 Å². The van der Waals surface area contributed by atoms with Gasteiger partial charge in [0, 0.05) is 27.3 Å². The summed E-state index contributed by atoms with van der Waals surface area (Å²) in [6.07, 6.45) is 1.71. The van der Waals surface area contributed by atoms with Crippen molar-refractivity contribution < 1.29 is 9.59 Å². The van der Waals surface area contributed by atoms with Crippen LogP contribution in [0.2, 0.25) is 5.02 Å². The van der Waals surface area contributed by atoms with Gasteiger partial charge in [0.05, 0.1) is 12.3 Å². The average molecular weight is 535 g/mol. The van der Waals surface area contributed by atoms with E-state index in [1.807, 2.05) is 29.7 Å². The molecule has 10 heteroatoms. The van der Waals surface area contributed by atoms with Gasteiger partial charge in [0.1, 0.15) is 0 Å². The standard InChI is InChI=1S/C22H21BrClN5O2S/c1-3-10-29-19(12-25-21(31)15-4-6-16(24)7-5-15)27-28-22(29)32-13-20(30)26-17-8-9-18(23)14(2)11-17/h3-9,11H,1,10,12-13H2,2H3,(H,25,31)(H,26,30). The van der Waals surface area contributed by atoms with Gasteiger partial charge in [-0.15, -0.1) is 16.8 Å². The van der Waals surface area contributed by atoms with Crippen LogP contribution in [0.3, 0.4) is 0 Å². The predicted molar refractivity (Wildman–Crippen MR) is 131 cm³/mol. The van der Waals surface area contributed by atoms with E-state index in [4.69, 9.17) is 11.6 Å². The van der Waals surface area contributed by atoms with Crippen LogP contribution in [0, 0.1) is 6.92 Å². The van der Waals surface area contributed by atoms with Crippen LogP contribution in [0.1, 0.15) is 21.7 Å². The number of halogens is 2. The van der Waals surface area contributed by atoms with Crippen LogP contribution in [-0.4, -0.2) is 32.3 Å². The fourth-order valence-electron chi connectivity index (χ4n) is 2.78. The molecule has 3 aromatic rings. The Morgan fingerprint density at radius 2 is 1.97 bits per heavy atom. The highest BCUT2D eigenvalue weighted by atomic mass is 79.9. The Morgan fingerprint density at radius 1 is 1.22 bits per heavy atom. The topological polar surface area (TPSA) is 88.9 Å². The lowest BCUT2D eigenvalue weighted by Crippen LogP contribution is -2.24. The second-order valence-electron chi connectivity index (χ2n) is 6.79. The molecule has 0 radical (unpaired) electrons. The largest absolute Gasteiger partial charge is 0.345 e. The first-order valence-corrected chi connectivity index (χ1v) is 11.8. The van der Waals surface area contributed by atoms with Gasteiger partial charge in [-0.25, -0.2) is 0 Å². The fourth-order valence-corrected chi connectivity index (χ4v) is 3.92. The highest BCUT2D eigenvalue weighted by Gasteiger charge is 2.15. The molecule has 0 aliphatic rings. The lowest BCUT2D eigenvalue weighted by Gasteiger charge is -2.09. The summed E-state index contributed by atoms with van der Waals surface area (Å²) in [4.78, 5) is 24.7. The summed E-state index contributed by atoms with van der Waals surface area (Å²) in [6.45, 7) is 6.37. The molecule has 0 fully saturated rings. The Kier molecular flexibility index (Phi) is 8.49. The van der Waals surface area contributed by atoms with Crippen molar-refractivity contribution in [1.29, 1.82) is 0 Å². The number of aryl methyl sites for hydroxylation is 1. The molecule has 2 N–H and O–H groups in total. The van der Waals surface area contributed by atoms with Crippen LogP contribution in [0.15, 0.2) is 64.7 Å². The van der Waals surface area contributed by atoms with Crippen LogP contribution in [0.5, 0.6) is 0 Å². The van der Waals surface area contributed by atoms with Crippen molar-refractivity contribution in [2.75, 3.05) is 11.1 Å². The minimum Gasteiger partial charge on any atom is -0.345 e. The van der Waals surface area contributed by atoms with Gasteiger partial charge in [-0.1, -0.05) is 45.4 Å². The van der Waals surface area contributed by atoms with E-state index in [0.717, 1.165) is 15.7 Å². The molecule has 2 aromatic carbocycles. The van der Waals surface area contributed by atoms with Crippen molar-refractivity contribution in [3.63, 3.8) is 0 Å². The number of aromatic nitrogens is 3. The summed E-state index contributed by atoms with van der Waals surface area (Å²) in [5.41, 5.74) is 2.26. The molecule has 0 bridgehead atoms. The van der Waals surface area contributed by atoms with Gasteiger partial charge >= 0.3 is 0 Å². The number of benzene rings is 2. The van der Waals surface area contributed by atoms with Crippen molar-refractivity contribution >= 4 is 56.8 Å². The van der Waals surface area contributed by atoms with Crippen LogP contribution >= 0.6 is 39.3 Å². The quantitative estimate of drug-likeness (QED) is 0.303. The van der Waals surface area contributed by atoms with Crippen molar-refractivity contribution in [1.82, 2.24) is 20.1 Å². The number of hydrogen-bond donors (Lipinski definition) is 2. The maximum absolute atomic E-state index is 12.4. The van der Waals surface area contributed by atoms with Gasteiger partial charge in [-0.05, 0) is 55.0 Å². The highest BCUT2D eigenvalue weighted by Crippen LogP contribution is 2.21. The maximum Gasteiger partial charge on any atom is 0.251 e. The first-order valence-electron chi connectivity index (χ1n) is 9.63. The Balaban J connectivity index is 1.60. The summed E-state index contributed by atoms with van der Waals surface area (Å²) in [5, 5.41) is 15.2. The Bertz CT molecular complexity index is 1130. The van der Waals surface area contributed by atoms with E-state index in [0.29, 0.717) is 28.1 Å². The number of hydrogen-bond acceptors (Lipinski definition) is 5. The number of anilines is 1. The number of nitrogens with zero attached hydrogens (tertiary/aromatic N) is 3. The van der Waals surface area contributed by atoms with Gasteiger partial charge in [0.25, 0.3) is 5.91 Å². The SMILES string of the molecule is C=CCn1c(CNC(=O)c2ccc(Cl)cc2)nnc1SCC(=O)Nc1ccc(Br)c(C)c1. The van der Waals surface area contributed by atoms with Gasteiger partial charge in [0.15, 0.2) is 11.0 Å². The number of allylic oxidation sites excluding steroid dienone is 1. The van der Waals surface area contributed by atoms with Crippen molar-refractivity contribution in [3.05, 3.63) is 81.6 Å². The number of amides is 2. The molecule has 0 aliphatic heterocycles. The lowest BCUT2D eigenvalue weighted by atomic mass is 10.2. The van der Waals surface area contributed by atoms with Crippen LogP contribution < -0.4 is 10.6 Å². The number of nitrogens with one attached hydrogen (secondary N) is 2. The van der Waals surface area contributed by atoms with E-state index >= 15 is 0 Å². The summed E-state index contributed by atoms with van der Waals surface area (Å²) >= 11 is 10.6. The smallest absolute Gasteiger partial charge is 0.251 e. The van der Waals surface area contributed by atoms with Gasteiger partial charge < -0.3 is 15.2 Å². The zero-order valence-corrected chi connectivity index (χ0v) is 20.4. The minimum absolute atomic E-state index is 0.150. The number of thioether (sulfide) groups is 1. The minimum atomic E-state index is -0.242. The molecule has 1 heterocycles. The molecule has 2 amide bonds. The van der Waals surface area contributed by atoms with Gasteiger partial charge in [-0.2, -0.15) is 0 Å². The summed E-state index contributed by atoms with van der Waals surface area (Å²) in [5.74, 6) is 0.343. The summed E-state index contributed by atoms with van der Waals surface area (Å²) in [6, 6.07) is 12.2. The van der Waals surface area contributed by atoms with Crippen molar-refractivity contribution in [2.24, 2.45) is 0 Å². The normalized spacial score (nSPS) is 10.6. The number of carbonyl (C=O) groups excluding carboxylic acids is 2. The van der Waals surface area contributed by atoms with Crippen LogP contribution in [0.4, 0.5) is 5.69 Å². The predicted octanol–water partition coefficient (Wildman–Crippen LogP) is 4.85. The molecule has 0 atom stereocenters. The molecule has 0 spiro atoms. The van der Waals surface area contributed by atoms with Crippen molar-refractivity contribution in [2.45, 2.75) is 25.2 Å². The Labute approximate surface area is 203 Å². The molecule has 0 saturated heterocycles. The molecule has 166 valence electrons. The molecular formula is C22H21BrClN5O2S. The third-order valence-corrected chi connectivity index (χ3v) is 6.50. The number of carbonyl (C=O) groups is 2. The highest BCUT2D eigenvalue weighted by molar-refractivity contribution is 9.10. The maximum atomic E-state index is 12.4. The molecule has 0 saturated carbocycles. The van der Waals surface area contributed by atoms with Gasteiger partial charge in [-0.3, -0.25) is 9.59 Å². The Morgan fingerprint density at radius 3 is 2.66 bits per heavy atom. The van der Waals surface area contributed by atoms with E-state index in [9.17, 15) is 9.59 Å². The summed E-state index contributed by atoms with van der Waals surface area (Å²) in [7, 11) is 0. The molecule has 3 rings (SSSR count). The second-order valence-corrected chi connectivity index (χ2v) is 9.02. The van der Waals surface area contributed by atoms with E-state index in [2.05, 4.69) is 43.3 Å². The third kappa shape index (κ3) is 6.44. The van der Waals surface area contributed by atoms with Gasteiger partial charge in [0.2, 0.25) is 5.91 Å². The molecule has 32 heavy (non-hydrogen) atoms. The zero-order valence-electron chi connectivity index (χ0n) is 17.3. The second kappa shape index (κ2) is 11.3. The van der Waals surface area contributed by atoms with E-state index < -0.39 is 0 Å². The summed E-state index contributed by atoms with van der Waals surface area (Å²) < 4.78 is 2.80. The average Bonchev–Trinajstić information content (AvgIpc) is 3.15. The first kappa shape index (κ1) is 24.0. The molecular weight excluding hydrogens is 514 g/mol. The molecule has 1 aromatic heterocycles. The van der Waals surface area contributed by atoms with Crippen LogP contribution in [0.25, 0.3) is 0 Å². The van der Waals surface area contributed by atoms with E-state index in [1.54, 1.807) is 30.3 Å². The zero-order chi connectivity index (χ0) is 23.1. The molecule has 0 aliphatic carbocycles. The monoisotopic (exact) mass is 533 g/mol. The third-order valence-electron chi connectivity index (χ3n) is 4.39. The fraction of sp³-hybridized carbons (Fsp3) is 0.182.